The summed E-state index contributed by atoms with van der Waals surface area (Å²) in [5, 5.41) is 14.4. The summed E-state index contributed by atoms with van der Waals surface area (Å²) in [5.74, 6) is -2.46. The summed E-state index contributed by atoms with van der Waals surface area (Å²) in [5.41, 5.74) is 0.0801. The normalized spacial score (nSPS) is 37.9. The number of carbonyl (C=O) groups is 3. The second kappa shape index (κ2) is 10.3. The summed E-state index contributed by atoms with van der Waals surface area (Å²) >= 11 is 0. The molecule has 1 saturated carbocycles. The zero-order valence-corrected chi connectivity index (χ0v) is 20.5. The van der Waals surface area contributed by atoms with Gasteiger partial charge in [0.25, 0.3) is 5.91 Å². The third kappa shape index (κ3) is 4.90. The highest BCUT2D eigenvalue weighted by Gasteiger charge is 2.67. The van der Waals surface area contributed by atoms with Crippen molar-refractivity contribution >= 4 is 17.7 Å². The minimum Gasteiger partial charge on any atom is -0.445 e. The molecule has 0 aromatic heterocycles. The Morgan fingerprint density at radius 1 is 1.14 bits per heavy atom. The maximum Gasteiger partial charge on any atom is 0.331 e. The Morgan fingerprint density at radius 2 is 1.89 bits per heavy atom. The molecule has 1 saturated heterocycles. The average molecular weight is 478 g/mol. The lowest BCUT2D eigenvalue weighted by Gasteiger charge is -2.49. The fraction of sp³-hybridized carbons (Fsp3) is 0.483. The van der Waals surface area contributed by atoms with Gasteiger partial charge in [-0.05, 0) is 54.7 Å². The van der Waals surface area contributed by atoms with E-state index in [9.17, 15) is 19.5 Å². The van der Waals surface area contributed by atoms with Crippen molar-refractivity contribution in [2.24, 2.45) is 23.7 Å². The molecule has 1 aromatic carbocycles. The molecule has 0 bridgehead atoms. The van der Waals surface area contributed by atoms with E-state index in [1.165, 1.54) is 6.08 Å². The third-order valence-corrected chi connectivity index (χ3v) is 7.91. The number of hydrogen-bond acceptors (Lipinski definition) is 5. The molecule has 2 fully saturated rings. The maximum atomic E-state index is 13.7. The minimum atomic E-state index is -1.60. The molecule has 2 heterocycles. The van der Waals surface area contributed by atoms with Gasteiger partial charge >= 0.3 is 5.97 Å². The summed E-state index contributed by atoms with van der Waals surface area (Å²) in [4.78, 5) is 38.9. The minimum absolute atomic E-state index is 0.143. The lowest BCUT2D eigenvalue weighted by molar-refractivity contribution is -0.182. The van der Waals surface area contributed by atoms with Gasteiger partial charge in [-0.2, -0.15) is 0 Å². The van der Waals surface area contributed by atoms with Crippen molar-refractivity contribution in [1.82, 2.24) is 5.32 Å². The highest BCUT2D eigenvalue weighted by atomic mass is 16.6. The van der Waals surface area contributed by atoms with Gasteiger partial charge in [-0.25, -0.2) is 4.79 Å². The number of amides is 1. The highest BCUT2D eigenvalue weighted by molar-refractivity contribution is 5.98. The predicted octanol–water partition coefficient (Wildman–Crippen LogP) is 3.70. The van der Waals surface area contributed by atoms with Crippen LogP contribution in [-0.4, -0.2) is 40.5 Å². The van der Waals surface area contributed by atoms with Crippen molar-refractivity contribution in [3.8, 4) is 0 Å². The molecule has 1 amide bonds. The number of aliphatic hydroxyl groups is 1. The first-order valence-corrected chi connectivity index (χ1v) is 12.6. The average Bonchev–Trinajstić information content (AvgIpc) is 3.09. The lowest BCUT2D eigenvalue weighted by Crippen LogP contribution is -2.61. The van der Waals surface area contributed by atoms with Crippen molar-refractivity contribution in [3.63, 3.8) is 0 Å². The number of ether oxygens (including phenoxy) is 1. The van der Waals surface area contributed by atoms with E-state index in [1.54, 1.807) is 0 Å². The largest absolute Gasteiger partial charge is 0.445 e. The van der Waals surface area contributed by atoms with E-state index < -0.39 is 35.4 Å². The van der Waals surface area contributed by atoms with Crippen LogP contribution < -0.4 is 5.32 Å². The molecular weight excluding hydrogens is 442 g/mol. The highest BCUT2D eigenvalue weighted by Crippen LogP contribution is 2.52. The molecule has 6 nitrogen and oxygen atoms in total. The fourth-order valence-electron chi connectivity index (χ4n) is 6.00. The molecule has 0 radical (unpaired) electrons. The van der Waals surface area contributed by atoms with Crippen molar-refractivity contribution in [2.75, 3.05) is 0 Å². The number of esters is 1. The SMILES string of the molecule is C=C1C(C)C2C(Cc3ccccc3)NC(=O)C23OC(=O)/C=C/C(=O)CCCC(C)C/C=C\C3C1O. The first kappa shape index (κ1) is 25.1. The van der Waals surface area contributed by atoms with Crippen LogP contribution in [0.2, 0.25) is 0 Å². The monoisotopic (exact) mass is 477 g/mol. The molecular formula is C29H35NO5. The standard InChI is InChI=1S/C29H35NO5/c1-18-9-7-13-22(31)15-16-25(32)35-29-23(14-8-10-18)27(33)20(3)19(2)26(29)24(30-28(29)34)17-21-11-5-4-6-12-21/h4-6,8,11-12,14-16,18-19,23-24,26-27,33H,3,7,9-10,13,17H2,1-2H3,(H,30,34)/b14-8-,16-15+. The molecule has 35 heavy (non-hydrogen) atoms. The van der Waals surface area contributed by atoms with Crippen LogP contribution in [0.4, 0.5) is 0 Å². The molecule has 7 atom stereocenters. The van der Waals surface area contributed by atoms with Crippen molar-refractivity contribution in [1.29, 1.82) is 0 Å². The van der Waals surface area contributed by atoms with Crippen LogP contribution in [0.15, 0.2) is 66.8 Å². The molecule has 1 aromatic rings. The van der Waals surface area contributed by atoms with Crippen molar-refractivity contribution in [3.05, 3.63) is 72.4 Å². The first-order chi connectivity index (χ1) is 16.7. The Hall–Kier alpha value is -2.99. The van der Waals surface area contributed by atoms with Gasteiger partial charge < -0.3 is 15.2 Å². The van der Waals surface area contributed by atoms with E-state index in [0.29, 0.717) is 24.3 Å². The second-order valence-electron chi connectivity index (χ2n) is 10.3. The molecule has 7 unspecified atom stereocenters. The number of carbonyl (C=O) groups excluding carboxylic acids is 3. The first-order valence-electron chi connectivity index (χ1n) is 12.6. The van der Waals surface area contributed by atoms with E-state index in [4.69, 9.17) is 4.74 Å². The number of aliphatic hydroxyl groups excluding tert-OH is 1. The summed E-state index contributed by atoms with van der Waals surface area (Å²) < 4.78 is 6.01. The van der Waals surface area contributed by atoms with E-state index in [-0.39, 0.29) is 17.7 Å². The van der Waals surface area contributed by atoms with Crippen molar-refractivity contribution < 1.29 is 24.2 Å². The molecule has 3 aliphatic rings. The lowest BCUT2D eigenvalue weighted by atomic mass is 9.59. The summed E-state index contributed by atoms with van der Waals surface area (Å²) in [6, 6.07) is 9.53. The van der Waals surface area contributed by atoms with Gasteiger partial charge in [-0.15, -0.1) is 0 Å². The zero-order valence-electron chi connectivity index (χ0n) is 20.5. The number of rotatable bonds is 2. The van der Waals surface area contributed by atoms with E-state index in [2.05, 4.69) is 18.8 Å². The molecule has 186 valence electrons. The summed E-state index contributed by atoms with van der Waals surface area (Å²) in [6.07, 6.45) is 8.39. The Bertz CT molecular complexity index is 1040. The van der Waals surface area contributed by atoms with Gasteiger partial charge in [-0.1, -0.05) is 62.9 Å². The molecule has 1 spiro atoms. The Kier molecular flexibility index (Phi) is 7.41. The summed E-state index contributed by atoms with van der Waals surface area (Å²) in [6.45, 7) is 8.21. The Balaban J connectivity index is 1.79. The van der Waals surface area contributed by atoms with Crippen LogP contribution in [-0.2, 0) is 25.5 Å². The predicted molar refractivity (Wildman–Crippen MR) is 133 cm³/mol. The topological polar surface area (TPSA) is 92.7 Å². The van der Waals surface area contributed by atoms with Crippen LogP contribution in [0, 0.1) is 23.7 Å². The van der Waals surface area contributed by atoms with Crippen LogP contribution in [0.3, 0.4) is 0 Å². The number of ketones is 1. The van der Waals surface area contributed by atoms with Crippen LogP contribution in [0.5, 0.6) is 0 Å². The molecule has 2 aliphatic heterocycles. The number of allylic oxidation sites excluding steroid dienone is 2. The zero-order chi connectivity index (χ0) is 25.2. The van der Waals surface area contributed by atoms with E-state index in [0.717, 1.165) is 30.9 Å². The van der Waals surface area contributed by atoms with E-state index in [1.807, 2.05) is 49.4 Å². The van der Waals surface area contributed by atoms with Crippen LogP contribution >= 0.6 is 0 Å². The second-order valence-corrected chi connectivity index (χ2v) is 10.3. The quantitative estimate of drug-likeness (QED) is 0.501. The number of nitrogens with one attached hydrogen (secondary N) is 1. The molecule has 1 aliphatic carbocycles. The van der Waals surface area contributed by atoms with Gasteiger partial charge in [-0.3, -0.25) is 9.59 Å². The van der Waals surface area contributed by atoms with Gasteiger partial charge in [0.1, 0.15) is 0 Å². The number of benzene rings is 1. The Morgan fingerprint density at radius 3 is 2.63 bits per heavy atom. The third-order valence-electron chi connectivity index (χ3n) is 7.91. The van der Waals surface area contributed by atoms with E-state index >= 15 is 0 Å². The smallest absolute Gasteiger partial charge is 0.331 e. The van der Waals surface area contributed by atoms with Gasteiger partial charge in [0.2, 0.25) is 5.60 Å². The maximum absolute atomic E-state index is 13.7. The van der Waals surface area contributed by atoms with Crippen LogP contribution in [0.25, 0.3) is 0 Å². The fourth-order valence-corrected chi connectivity index (χ4v) is 6.00. The summed E-state index contributed by atoms with van der Waals surface area (Å²) in [7, 11) is 0. The van der Waals surface area contributed by atoms with Gasteiger partial charge in [0, 0.05) is 24.5 Å². The number of hydrogen-bond donors (Lipinski definition) is 2. The molecule has 6 heteroatoms. The van der Waals surface area contributed by atoms with Gasteiger partial charge in [0.05, 0.1) is 12.0 Å². The molecule has 4 rings (SSSR count). The Labute approximate surface area is 207 Å². The van der Waals surface area contributed by atoms with Crippen LogP contribution in [0.1, 0.15) is 45.1 Å². The van der Waals surface area contributed by atoms with Gasteiger partial charge in [0.15, 0.2) is 5.78 Å². The molecule has 2 N–H and O–H groups in total. The van der Waals surface area contributed by atoms with Crippen molar-refractivity contribution in [2.45, 2.75) is 63.7 Å².